The van der Waals surface area contributed by atoms with Gasteiger partial charge >= 0.3 is 0 Å². The fraction of sp³-hybridized carbons (Fsp3) is 0.429. The number of phenolic OH excluding ortho intramolecular Hbond substituents is 1. The third-order valence-corrected chi connectivity index (χ3v) is 4.81. The molecule has 1 aliphatic heterocycles. The number of hydrogen-bond donors (Lipinski definition) is 1. The second-order valence-corrected chi connectivity index (χ2v) is 6.54. The van der Waals surface area contributed by atoms with Crippen LogP contribution in [-0.2, 0) is 6.42 Å². The molecule has 1 fully saturated rings. The number of hydrogen-bond acceptors (Lipinski definition) is 4. The van der Waals surface area contributed by atoms with Gasteiger partial charge in [0.25, 0.3) is 0 Å². The summed E-state index contributed by atoms with van der Waals surface area (Å²) >= 11 is 0. The highest BCUT2D eigenvalue weighted by Crippen LogP contribution is 2.18. The largest absolute Gasteiger partial charge is 0.508 e. The molecule has 4 heteroatoms. The smallest absolute Gasteiger partial charge is 0.119 e. The Bertz CT molecular complexity index is 632. The quantitative estimate of drug-likeness (QED) is 0.782. The van der Waals surface area contributed by atoms with E-state index in [0.717, 1.165) is 51.3 Å². The van der Waals surface area contributed by atoms with E-state index in [1.807, 2.05) is 0 Å². The molecule has 25 heavy (non-hydrogen) atoms. The molecule has 1 saturated heterocycles. The summed E-state index contributed by atoms with van der Waals surface area (Å²) in [4.78, 5) is 4.99. The number of rotatable bonds is 7. The summed E-state index contributed by atoms with van der Waals surface area (Å²) in [6.07, 6.45) is 2.12. The van der Waals surface area contributed by atoms with Gasteiger partial charge in [0, 0.05) is 38.4 Å². The molecule has 0 aromatic heterocycles. The van der Waals surface area contributed by atoms with E-state index >= 15 is 0 Å². The Labute approximate surface area is 150 Å². The van der Waals surface area contributed by atoms with Gasteiger partial charge in [0.05, 0.1) is 6.61 Å². The topological polar surface area (TPSA) is 35.9 Å². The van der Waals surface area contributed by atoms with Crippen LogP contribution in [0.2, 0.25) is 0 Å². The summed E-state index contributed by atoms with van der Waals surface area (Å²) < 4.78 is 5.72. The Balaban J connectivity index is 1.35. The first kappa shape index (κ1) is 17.6. The number of anilines is 1. The molecule has 2 aromatic rings. The zero-order chi connectivity index (χ0) is 17.5. The normalized spacial score (nSPS) is 15.3. The van der Waals surface area contributed by atoms with Crippen LogP contribution in [0.3, 0.4) is 0 Å². The van der Waals surface area contributed by atoms with Gasteiger partial charge in [-0.05, 0) is 54.8 Å². The van der Waals surface area contributed by atoms with Crippen molar-refractivity contribution in [1.82, 2.24) is 4.90 Å². The molecular formula is C21H28N2O2. The van der Waals surface area contributed by atoms with Gasteiger partial charge in [-0.2, -0.15) is 0 Å². The molecular weight excluding hydrogens is 312 g/mol. The van der Waals surface area contributed by atoms with E-state index in [1.165, 1.54) is 11.3 Å². The lowest BCUT2D eigenvalue weighted by atomic mass is 10.1. The maximum absolute atomic E-state index is 9.26. The Morgan fingerprint density at radius 2 is 1.60 bits per heavy atom. The van der Waals surface area contributed by atoms with Crippen LogP contribution in [0, 0.1) is 0 Å². The van der Waals surface area contributed by atoms with Crippen molar-refractivity contribution in [2.24, 2.45) is 0 Å². The van der Waals surface area contributed by atoms with Gasteiger partial charge in [0.1, 0.15) is 11.5 Å². The fourth-order valence-electron chi connectivity index (χ4n) is 3.19. The molecule has 0 aliphatic carbocycles. The average Bonchev–Trinajstić information content (AvgIpc) is 2.67. The molecule has 1 N–H and O–H groups in total. The van der Waals surface area contributed by atoms with Crippen LogP contribution in [-0.4, -0.2) is 49.3 Å². The van der Waals surface area contributed by atoms with E-state index in [-0.39, 0.29) is 5.75 Å². The Kier molecular flexibility index (Phi) is 6.18. The van der Waals surface area contributed by atoms with E-state index < -0.39 is 0 Å². The van der Waals surface area contributed by atoms with Gasteiger partial charge in [-0.15, -0.1) is 0 Å². The van der Waals surface area contributed by atoms with Crippen LogP contribution in [0.4, 0.5) is 5.69 Å². The molecule has 0 atom stereocenters. The maximum Gasteiger partial charge on any atom is 0.119 e. The van der Waals surface area contributed by atoms with Crippen molar-refractivity contribution in [1.29, 1.82) is 0 Å². The lowest BCUT2D eigenvalue weighted by Gasteiger charge is -2.36. The van der Waals surface area contributed by atoms with Crippen LogP contribution in [0.25, 0.3) is 0 Å². The summed E-state index contributed by atoms with van der Waals surface area (Å²) in [5, 5.41) is 9.26. The first-order valence-electron chi connectivity index (χ1n) is 9.22. The zero-order valence-electron chi connectivity index (χ0n) is 15.0. The first-order chi connectivity index (χ1) is 12.2. The number of ether oxygens (including phenoxy) is 1. The van der Waals surface area contributed by atoms with Gasteiger partial charge in [-0.25, -0.2) is 0 Å². The van der Waals surface area contributed by atoms with Gasteiger partial charge in [0.15, 0.2) is 0 Å². The third-order valence-electron chi connectivity index (χ3n) is 4.81. The van der Waals surface area contributed by atoms with Crippen LogP contribution in [0.1, 0.15) is 18.9 Å². The standard InChI is InChI=1S/C21H28N2O2/c1-2-18-4-6-19(7-5-18)23-15-13-22(14-16-23)12-3-17-25-21-10-8-20(24)9-11-21/h4-11,24H,2-3,12-17H2,1H3. The molecule has 3 rings (SSSR count). The SMILES string of the molecule is CCc1ccc(N2CCN(CCCOc3ccc(O)cc3)CC2)cc1. The number of aryl methyl sites for hydroxylation is 1. The van der Waals surface area contributed by atoms with Gasteiger partial charge in [-0.1, -0.05) is 19.1 Å². The molecule has 2 aromatic carbocycles. The van der Waals surface area contributed by atoms with Crippen molar-refractivity contribution in [2.75, 3.05) is 44.2 Å². The summed E-state index contributed by atoms with van der Waals surface area (Å²) in [6, 6.07) is 15.9. The van der Waals surface area contributed by atoms with Crippen molar-refractivity contribution in [2.45, 2.75) is 19.8 Å². The van der Waals surface area contributed by atoms with E-state index in [2.05, 4.69) is 41.0 Å². The lowest BCUT2D eigenvalue weighted by molar-refractivity contribution is 0.224. The summed E-state index contributed by atoms with van der Waals surface area (Å²) in [5.41, 5.74) is 2.74. The van der Waals surface area contributed by atoms with Crippen LogP contribution >= 0.6 is 0 Å². The molecule has 0 spiro atoms. The Morgan fingerprint density at radius 3 is 2.24 bits per heavy atom. The molecule has 0 unspecified atom stereocenters. The molecule has 134 valence electrons. The number of benzene rings is 2. The number of phenols is 1. The van der Waals surface area contributed by atoms with Crippen molar-refractivity contribution < 1.29 is 9.84 Å². The molecule has 0 saturated carbocycles. The zero-order valence-corrected chi connectivity index (χ0v) is 15.0. The van der Waals surface area contributed by atoms with Crippen LogP contribution in [0.5, 0.6) is 11.5 Å². The monoisotopic (exact) mass is 340 g/mol. The molecule has 1 aliphatic rings. The van der Waals surface area contributed by atoms with Crippen molar-refractivity contribution >= 4 is 5.69 Å². The minimum atomic E-state index is 0.273. The van der Waals surface area contributed by atoms with Gasteiger partial charge in [0.2, 0.25) is 0 Å². The average molecular weight is 340 g/mol. The Morgan fingerprint density at radius 1 is 0.920 bits per heavy atom. The maximum atomic E-state index is 9.26. The van der Waals surface area contributed by atoms with Crippen molar-refractivity contribution in [3.8, 4) is 11.5 Å². The highest BCUT2D eigenvalue weighted by Gasteiger charge is 2.16. The minimum absolute atomic E-state index is 0.273. The summed E-state index contributed by atoms with van der Waals surface area (Å²) in [6.45, 7) is 8.36. The highest BCUT2D eigenvalue weighted by molar-refractivity contribution is 5.48. The van der Waals surface area contributed by atoms with Gasteiger partial charge < -0.3 is 14.7 Å². The molecule has 4 nitrogen and oxygen atoms in total. The van der Waals surface area contributed by atoms with E-state index in [4.69, 9.17) is 4.74 Å². The minimum Gasteiger partial charge on any atom is -0.508 e. The first-order valence-corrected chi connectivity index (χ1v) is 9.22. The predicted molar refractivity (Wildman–Crippen MR) is 103 cm³/mol. The van der Waals surface area contributed by atoms with Crippen LogP contribution in [0.15, 0.2) is 48.5 Å². The number of aromatic hydroxyl groups is 1. The molecule has 0 amide bonds. The van der Waals surface area contributed by atoms with Crippen molar-refractivity contribution in [3.63, 3.8) is 0 Å². The second kappa shape index (κ2) is 8.77. The van der Waals surface area contributed by atoms with Crippen molar-refractivity contribution in [3.05, 3.63) is 54.1 Å². The molecule has 0 radical (unpaired) electrons. The predicted octanol–water partition coefficient (Wildman–Crippen LogP) is 3.55. The molecule has 0 bridgehead atoms. The Hall–Kier alpha value is -2.20. The summed E-state index contributed by atoms with van der Waals surface area (Å²) in [7, 11) is 0. The fourth-order valence-corrected chi connectivity index (χ4v) is 3.19. The highest BCUT2D eigenvalue weighted by atomic mass is 16.5. The van der Waals surface area contributed by atoms with Gasteiger partial charge in [-0.3, -0.25) is 4.90 Å². The van der Waals surface area contributed by atoms with E-state index in [0.29, 0.717) is 6.61 Å². The second-order valence-electron chi connectivity index (χ2n) is 6.54. The lowest BCUT2D eigenvalue weighted by Crippen LogP contribution is -2.46. The summed E-state index contributed by atoms with van der Waals surface area (Å²) in [5.74, 6) is 1.09. The van der Waals surface area contributed by atoms with E-state index in [9.17, 15) is 5.11 Å². The van der Waals surface area contributed by atoms with Crippen LogP contribution < -0.4 is 9.64 Å². The third kappa shape index (κ3) is 5.13. The number of nitrogens with zero attached hydrogens (tertiary/aromatic N) is 2. The number of piperazine rings is 1. The van der Waals surface area contributed by atoms with E-state index in [1.54, 1.807) is 24.3 Å². The molecule has 1 heterocycles.